The number of carbonyl (C=O) groups is 1. The van der Waals surface area contributed by atoms with Crippen molar-refractivity contribution in [3.8, 4) is 11.5 Å². The Morgan fingerprint density at radius 3 is 2.03 bits per heavy atom. The Kier molecular flexibility index (Phi) is 5.54. The van der Waals surface area contributed by atoms with Crippen molar-refractivity contribution < 1.29 is 24.1 Å². The molecule has 0 radical (unpaired) electrons. The third kappa shape index (κ3) is 3.43. The van der Waals surface area contributed by atoms with E-state index in [1.165, 1.54) is 12.1 Å². The topological polar surface area (TPSA) is 73.2 Å². The van der Waals surface area contributed by atoms with Crippen LogP contribution in [0.15, 0.2) is 54.6 Å². The second-order valence-electron chi connectivity index (χ2n) is 9.06. The summed E-state index contributed by atoms with van der Waals surface area (Å²) in [6.07, 6.45) is 0. The van der Waals surface area contributed by atoms with E-state index in [4.69, 9.17) is 4.74 Å². The average Bonchev–Trinajstić information content (AvgIpc) is 3.03. The van der Waals surface area contributed by atoms with Crippen LogP contribution in [0.1, 0.15) is 27.8 Å². The van der Waals surface area contributed by atoms with Gasteiger partial charge in [0.15, 0.2) is 0 Å². The van der Waals surface area contributed by atoms with E-state index in [2.05, 4.69) is 4.90 Å². The molecule has 176 valence electrons. The van der Waals surface area contributed by atoms with Crippen LogP contribution >= 0.6 is 0 Å². The Bertz CT molecular complexity index is 1220. The van der Waals surface area contributed by atoms with Gasteiger partial charge in [0.25, 0.3) is 0 Å². The number of phenolic OH excluding ortho intramolecular Hbond substituents is 2. The molecule has 3 aromatic rings. The number of morpholine rings is 1. The van der Waals surface area contributed by atoms with Crippen LogP contribution < -0.4 is 4.90 Å². The van der Waals surface area contributed by atoms with Gasteiger partial charge < -0.3 is 14.9 Å². The van der Waals surface area contributed by atoms with Crippen molar-refractivity contribution in [1.29, 1.82) is 0 Å². The maximum Gasteiger partial charge on any atom is 0.248 e. The minimum absolute atomic E-state index is 0.0863. The fourth-order valence-electron chi connectivity index (χ4n) is 5.14. The van der Waals surface area contributed by atoms with E-state index in [0.29, 0.717) is 55.3 Å². The predicted octanol–water partition coefficient (Wildman–Crippen LogP) is 3.82. The van der Waals surface area contributed by atoms with Gasteiger partial charge >= 0.3 is 0 Å². The van der Waals surface area contributed by atoms with Gasteiger partial charge in [-0.3, -0.25) is 14.6 Å². The number of ether oxygens (including phenoxy) is 1. The van der Waals surface area contributed by atoms with Crippen LogP contribution in [0.3, 0.4) is 0 Å². The number of hydrogen-bond donors (Lipinski definition) is 2. The van der Waals surface area contributed by atoms with Crippen molar-refractivity contribution in [3.05, 3.63) is 88.2 Å². The molecule has 6 nitrogen and oxygen atoms in total. The Morgan fingerprint density at radius 2 is 1.47 bits per heavy atom. The largest absolute Gasteiger partial charge is 0.508 e. The lowest BCUT2D eigenvalue weighted by Gasteiger charge is -2.34. The lowest BCUT2D eigenvalue weighted by Crippen LogP contribution is -2.49. The van der Waals surface area contributed by atoms with Crippen LogP contribution in [0.5, 0.6) is 11.5 Å². The smallest absolute Gasteiger partial charge is 0.248 e. The highest BCUT2D eigenvalue weighted by molar-refractivity contribution is 6.13. The first-order valence-electron chi connectivity index (χ1n) is 11.3. The quantitative estimate of drug-likeness (QED) is 0.617. The van der Waals surface area contributed by atoms with E-state index in [-0.39, 0.29) is 17.4 Å². The molecule has 1 fully saturated rings. The number of benzene rings is 3. The first-order chi connectivity index (χ1) is 16.3. The van der Waals surface area contributed by atoms with Gasteiger partial charge in [-0.15, -0.1) is 0 Å². The van der Waals surface area contributed by atoms with Gasteiger partial charge in [-0.25, -0.2) is 4.39 Å². The number of nitrogens with zero attached hydrogens (tertiary/aromatic N) is 2. The Morgan fingerprint density at radius 1 is 0.882 bits per heavy atom. The first kappa shape index (κ1) is 22.4. The summed E-state index contributed by atoms with van der Waals surface area (Å²) >= 11 is 0. The summed E-state index contributed by atoms with van der Waals surface area (Å²) in [5.74, 6) is -1.02. The van der Waals surface area contributed by atoms with E-state index in [9.17, 15) is 19.4 Å². The highest BCUT2D eigenvalue weighted by atomic mass is 19.1. The van der Waals surface area contributed by atoms with Crippen molar-refractivity contribution in [2.24, 2.45) is 0 Å². The zero-order valence-electron chi connectivity index (χ0n) is 19.2. The van der Waals surface area contributed by atoms with E-state index in [1.54, 1.807) is 47.4 Å². The molecule has 0 bridgehead atoms. The molecular weight excluding hydrogens is 435 g/mol. The van der Waals surface area contributed by atoms with Crippen molar-refractivity contribution in [3.63, 3.8) is 0 Å². The number of aryl methyl sites for hydroxylation is 2. The van der Waals surface area contributed by atoms with Crippen molar-refractivity contribution >= 4 is 11.6 Å². The van der Waals surface area contributed by atoms with Crippen LogP contribution in [0.2, 0.25) is 0 Å². The maximum atomic E-state index is 14.7. The molecular formula is C27H27FN2O4. The molecule has 1 amide bonds. The van der Waals surface area contributed by atoms with Gasteiger partial charge in [0.2, 0.25) is 5.91 Å². The minimum Gasteiger partial charge on any atom is -0.508 e. The lowest BCUT2D eigenvalue weighted by atomic mass is 9.69. The van der Waals surface area contributed by atoms with Gasteiger partial charge in [-0.2, -0.15) is 0 Å². The van der Waals surface area contributed by atoms with E-state index in [0.717, 1.165) is 11.1 Å². The maximum absolute atomic E-state index is 14.7. The molecule has 2 N–H and O–H groups in total. The highest BCUT2D eigenvalue weighted by Gasteiger charge is 2.56. The van der Waals surface area contributed by atoms with Crippen molar-refractivity contribution in [1.82, 2.24) is 4.90 Å². The lowest BCUT2D eigenvalue weighted by molar-refractivity contribution is -0.121. The third-order valence-electron chi connectivity index (χ3n) is 6.78. The van der Waals surface area contributed by atoms with Crippen LogP contribution in [-0.4, -0.2) is 54.0 Å². The molecule has 2 aliphatic heterocycles. The zero-order valence-corrected chi connectivity index (χ0v) is 19.2. The minimum atomic E-state index is -1.61. The molecule has 0 spiro atoms. The van der Waals surface area contributed by atoms with Gasteiger partial charge in [0, 0.05) is 29.8 Å². The summed E-state index contributed by atoms with van der Waals surface area (Å²) in [4.78, 5) is 18.2. The van der Waals surface area contributed by atoms with Gasteiger partial charge in [0.05, 0.1) is 25.6 Å². The number of amides is 1. The highest BCUT2D eigenvalue weighted by Crippen LogP contribution is 2.54. The predicted molar refractivity (Wildman–Crippen MR) is 127 cm³/mol. The van der Waals surface area contributed by atoms with Gasteiger partial charge in [-0.1, -0.05) is 24.3 Å². The van der Waals surface area contributed by atoms with Crippen molar-refractivity contribution in [2.45, 2.75) is 19.3 Å². The van der Waals surface area contributed by atoms with Crippen LogP contribution in [0.25, 0.3) is 0 Å². The number of phenols is 2. The fraction of sp³-hybridized carbons (Fsp3) is 0.296. The molecule has 0 saturated carbocycles. The second-order valence-corrected chi connectivity index (χ2v) is 9.06. The summed E-state index contributed by atoms with van der Waals surface area (Å²) in [5.41, 5.74) is 1.58. The summed E-state index contributed by atoms with van der Waals surface area (Å²) in [7, 11) is 0. The molecule has 0 aliphatic carbocycles. The molecule has 5 rings (SSSR count). The summed E-state index contributed by atoms with van der Waals surface area (Å²) < 4.78 is 20.1. The molecule has 2 heterocycles. The number of fused-ring (bicyclic) bond motifs is 1. The summed E-state index contributed by atoms with van der Waals surface area (Å²) in [5, 5.41) is 22.1. The summed E-state index contributed by atoms with van der Waals surface area (Å²) in [6, 6.07) is 14.4. The standard InChI is InChI=1S/C27H27FN2O4/c1-17-3-6-20(24(31)13-17)27(21-7-4-18(2)14-25(21)32)22-15-19(28)5-8-23(22)30(26(27)33)16-29-9-11-34-12-10-29/h3-8,13-15,31-32H,9-12,16H2,1-2H3. The first-order valence-corrected chi connectivity index (χ1v) is 11.3. The van der Waals surface area contributed by atoms with E-state index < -0.39 is 11.2 Å². The SMILES string of the molecule is Cc1ccc(C2(c3ccc(C)cc3O)C(=O)N(CN3CCOCC3)c3ccc(F)cc32)c(O)c1. The molecule has 34 heavy (non-hydrogen) atoms. The Balaban J connectivity index is 1.80. The van der Waals surface area contributed by atoms with E-state index in [1.807, 2.05) is 13.8 Å². The molecule has 1 saturated heterocycles. The molecule has 0 unspecified atom stereocenters. The summed E-state index contributed by atoms with van der Waals surface area (Å²) in [6.45, 7) is 6.45. The monoisotopic (exact) mass is 462 g/mol. The third-order valence-corrected chi connectivity index (χ3v) is 6.78. The molecule has 0 atom stereocenters. The molecule has 3 aromatic carbocycles. The Hall–Kier alpha value is -3.42. The number of aromatic hydroxyl groups is 2. The fourth-order valence-corrected chi connectivity index (χ4v) is 5.14. The second kappa shape index (κ2) is 8.42. The Labute approximate surface area is 197 Å². The number of carbonyl (C=O) groups excluding carboxylic acids is 1. The van der Waals surface area contributed by atoms with Crippen LogP contribution in [0, 0.1) is 19.7 Å². The normalized spacial score (nSPS) is 17.7. The number of anilines is 1. The zero-order chi connectivity index (χ0) is 24.0. The van der Waals surface area contributed by atoms with Gasteiger partial charge in [0.1, 0.15) is 22.7 Å². The molecule has 0 aromatic heterocycles. The van der Waals surface area contributed by atoms with Crippen LogP contribution in [-0.2, 0) is 14.9 Å². The molecule has 2 aliphatic rings. The average molecular weight is 463 g/mol. The number of rotatable bonds is 4. The van der Waals surface area contributed by atoms with E-state index >= 15 is 0 Å². The molecule has 7 heteroatoms. The van der Waals surface area contributed by atoms with Crippen LogP contribution in [0.4, 0.5) is 10.1 Å². The van der Waals surface area contributed by atoms with Gasteiger partial charge in [-0.05, 0) is 55.3 Å². The number of halogens is 1. The van der Waals surface area contributed by atoms with Crippen molar-refractivity contribution in [2.75, 3.05) is 37.9 Å². The number of hydrogen-bond acceptors (Lipinski definition) is 5.